The standard InChI is InChI=1S/C10H13NO2/c12-6-10(13)9-5-7-3-1-2-4-8(7)11-9/h1-4,9-13H,5-6H2/t9-,10-/m0/s1. The van der Waals surface area contributed by atoms with Crippen molar-refractivity contribution in [3.63, 3.8) is 0 Å². The molecular weight excluding hydrogens is 166 g/mol. The van der Waals surface area contributed by atoms with E-state index < -0.39 is 6.10 Å². The fraction of sp³-hybridized carbons (Fsp3) is 0.400. The molecule has 1 aromatic carbocycles. The van der Waals surface area contributed by atoms with Gasteiger partial charge in [-0.25, -0.2) is 0 Å². The molecule has 0 unspecified atom stereocenters. The predicted molar refractivity (Wildman–Crippen MR) is 50.6 cm³/mol. The van der Waals surface area contributed by atoms with Crippen LogP contribution in [0.1, 0.15) is 5.56 Å². The zero-order chi connectivity index (χ0) is 9.26. The molecule has 3 nitrogen and oxygen atoms in total. The van der Waals surface area contributed by atoms with Crippen molar-refractivity contribution < 1.29 is 10.2 Å². The molecule has 70 valence electrons. The first-order valence-corrected chi connectivity index (χ1v) is 4.44. The Morgan fingerprint density at radius 1 is 1.46 bits per heavy atom. The minimum atomic E-state index is -0.674. The average molecular weight is 179 g/mol. The molecule has 3 N–H and O–H groups in total. The van der Waals surface area contributed by atoms with Crippen LogP contribution in [0.2, 0.25) is 0 Å². The lowest BCUT2D eigenvalue weighted by Gasteiger charge is -2.15. The molecule has 0 saturated heterocycles. The van der Waals surface area contributed by atoms with E-state index in [0.717, 1.165) is 12.1 Å². The van der Waals surface area contributed by atoms with Crippen LogP contribution < -0.4 is 5.32 Å². The Kier molecular flexibility index (Phi) is 2.20. The Labute approximate surface area is 77.0 Å². The van der Waals surface area contributed by atoms with Gasteiger partial charge in [0.05, 0.1) is 18.8 Å². The summed E-state index contributed by atoms with van der Waals surface area (Å²) >= 11 is 0. The van der Waals surface area contributed by atoms with Crippen LogP contribution in [-0.4, -0.2) is 29.0 Å². The number of benzene rings is 1. The van der Waals surface area contributed by atoms with E-state index in [2.05, 4.69) is 5.32 Å². The fourth-order valence-electron chi connectivity index (χ4n) is 1.69. The zero-order valence-corrected chi connectivity index (χ0v) is 7.27. The van der Waals surface area contributed by atoms with Crippen LogP contribution in [-0.2, 0) is 6.42 Å². The Balaban J connectivity index is 2.14. The summed E-state index contributed by atoms with van der Waals surface area (Å²) < 4.78 is 0. The molecule has 0 spiro atoms. The largest absolute Gasteiger partial charge is 0.394 e. The monoisotopic (exact) mass is 179 g/mol. The van der Waals surface area contributed by atoms with Gasteiger partial charge in [0.2, 0.25) is 0 Å². The van der Waals surface area contributed by atoms with Crippen molar-refractivity contribution in [2.24, 2.45) is 0 Å². The molecule has 1 heterocycles. The summed E-state index contributed by atoms with van der Waals surface area (Å²) in [5.74, 6) is 0. The van der Waals surface area contributed by atoms with Gasteiger partial charge in [0.15, 0.2) is 0 Å². The molecule has 13 heavy (non-hydrogen) atoms. The summed E-state index contributed by atoms with van der Waals surface area (Å²) in [7, 11) is 0. The number of aliphatic hydroxyl groups is 2. The van der Waals surface area contributed by atoms with Gasteiger partial charge >= 0.3 is 0 Å². The van der Waals surface area contributed by atoms with Crippen molar-refractivity contribution in [3.8, 4) is 0 Å². The highest BCUT2D eigenvalue weighted by atomic mass is 16.3. The van der Waals surface area contributed by atoms with Crippen LogP contribution in [0.4, 0.5) is 5.69 Å². The van der Waals surface area contributed by atoms with Gasteiger partial charge < -0.3 is 15.5 Å². The molecule has 1 aliphatic rings. The van der Waals surface area contributed by atoms with Gasteiger partial charge in [-0.05, 0) is 18.1 Å². The molecule has 3 heteroatoms. The van der Waals surface area contributed by atoms with Crippen LogP contribution in [0.3, 0.4) is 0 Å². The summed E-state index contributed by atoms with van der Waals surface area (Å²) in [5, 5.41) is 21.4. The second-order valence-electron chi connectivity index (χ2n) is 3.36. The molecule has 0 saturated carbocycles. The van der Waals surface area contributed by atoms with E-state index in [1.807, 2.05) is 24.3 Å². The molecule has 0 aromatic heterocycles. The molecule has 2 rings (SSSR count). The highest BCUT2D eigenvalue weighted by Crippen LogP contribution is 2.26. The minimum Gasteiger partial charge on any atom is -0.394 e. The Bertz CT molecular complexity index is 276. The van der Waals surface area contributed by atoms with Gasteiger partial charge in [-0.1, -0.05) is 18.2 Å². The Morgan fingerprint density at radius 3 is 2.92 bits per heavy atom. The van der Waals surface area contributed by atoms with E-state index in [4.69, 9.17) is 5.11 Å². The SMILES string of the molecule is OC[C@H](O)[C@@H]1Cc2ccccc2N1. The smallest absolute Gasteiger partial charge is 0.0974 e. The zero-order valence-electron chi connectivity index (χ0n) is 7.27. The summed E-state index contributed by atoms with van der Waals surface area (Å²) in [6.45, 7) is -0.189. The number of anilines is 1. The number of hydrogen-bond donors (Lipinski definition) is 3. The third kappa shape index (κ3) is 1.53. The number of fused-ring (bicyclic) bond motifs is 1. The van der Waals surface area contributed by atoms with Gasteiger partial charge in [0.1, 0.15) is 0 Å². The van der Waals surface area contributed by atoms with Gasteiger partial charge in [-0.3, -0.25) is 0 Å². The van der Waals surface area contributed by atoms with Crippen LogP contribution in [0.25, 0.3) is 0 Å². The van der Waals surface area contributed by atoms with Crippen molar-refractivity contribution >= 4 is 5.69 Å². The molecule has 0 amide bonds. The van der Waals surface area contributed by atoms with E-state index >= 15 is 0 Å². The number of aliphatic hydroxyl groups excluding tert-OH is 2. The summed E-state index contributed by atoms with van der Waals surface area (Å²) in [4.78, 5) is 0. The van der Waals surface area contributed by atoms with E-state index in [1.54, 1.807) is 0 Å². The second kappa shape index (κ2) is 3.36. The molecule has 1 aliphatic heterocycles. The highest BCUT2D eigenvalue weighted by molar-refractivity contribution is 5.56. The third-order valence-corrected chi connectivity index (χ3v) is 2.45. The van der Waals surface area contributed by atoms with Gasteiger partial charge in [-0.15, -0.1) is 0 Å². The van der Waals surface area contributed by atoms with Gasteiger partial charge in [0, 0.05) is 5.69 Å². The third-order valence-electron chi connectivity index (χ3n) is 2.45. The number of nitrogens with one attached hydrogen (secondary N) is 1. The Morgan fingerprint density at radius 2 is 2.23 bits per heavy atom. The molecule has 2 atom stereocenters. The Hall–Kier alpha value is -1.06. The molecule has 0 bridgehead atoms. The highest BCUT2D eigenvalue weighted by Gasteiger charge is 2.25. The van der Waals surface area contributed by atoms with Crippen molar-refractivity contribution in [1.82, 2.24) is 0 Å². The lowest BCUT2D eigenvalue weighted by Crippen LogP contribution is -2.34. The maximum atomic E-state index is 9.42. The lowest BCUT2D eigenvalue weighted by molar-refractivity contribution is 0.0812. The summed E-state index contributed by atoms with van der Waals surface area (Å²) in [6, 6.07) is 7.92. The molecule has 0 radical (unpaired) electrons. The first kappa shape index (κ1) is 8.53. The van der Waals surface area contributed by atoms with E-state index in [1.165, 1.54) is 5.56 Å². The maximum Gasteiger partial charge on any atom is 0.0974 e. The minimum absolute atomic E-state index is 0.0394. The van der Waals surface area contributed by atoms with Crippen molar-refractivity contribution in [2.45, 2.75) is 18.6 Å². The van der Waals surface area contributed by atoms with Crippen molar-refractivity contribution in [1.29, 1.82) is 0 Å². The van der Waals surface area contributed by atoms with Crippen molar-refractivity contribution in [3.05, 3.63) is 29.8 Å². The molecule has 0 fully saturated rings. The quantitative estimate of drug-likeness (QED) is 0.615. The molecular formula is C10H13NO2. The molecule has 0 aliphatic carbocycles. The average Bonchev–Trinajstić information content (AvgIpc) is 2.59. The lowest BCUT2D eigenvalue weighted by atomic mass is 10.1. The summed E-state index contributed by atoms with van der Waals surface area (Å²) in [5.41, 5.74) is 2.28. The number of para-hydroxylation sites is 1. The number of hydrogen-bond acceptors (Lipinski definition) is 3. The topological polar surface area (TPSA) is 52.5 Å². The van der Waals surface area contributed by atoms with Crippen LogP contribution in [0.5, 0.6) is 0 Å². The first-order chi connectivity index (χ1) is 6.31. The maximum absolute atomic E-state index is 9.42. The van der Waals surface area contributed by atoms with Gasteiger partial charge in [-0.2, -0.15) is 0 Å². The summed E-state index contributed by atoms with van der Waals surface area (Å²) in [6.07, 6.45) is 0.116. The van der Waals surface area contributed by atoms with Crippen LogP contribution in [0.15, 0.2) is 24.3 Å². The molecule has 1 aromatic rings. The van der Waals surface area contributed by atoms with E-state index in [0.29, 0.717) is 0 Å². The van der Waals surface area contributed by atoms with Crippen molar-refractivity contribution in [2.75, 3.05) is 11.9 Å². The van der Waals surface area contributed by atoms with E-state index in [-0.39, 0.29) is 12.6 Å². The second-order valence-corrected chi connectivity index (χ2v) is 3.36. The van der Waals surface area contributed by atoms with Crippen LogP contribution in [0, 0.1) is 0 Å². The predicted octanol–water partition coefficient (Wildman–Crippen LogP) is 0.376. The first-order valence-electron chi connectivity index (χ1n) is 4.44. The van der Waals surface area contributed by atoms with Crippen LogP contribution >= 0.6 is 0 Å². The number of rotatable bonds is 2. The normalized spacial score (nSPS) is 22.2. The fourth-order valence-corrected chi connectivity index (χ4v) is 1.69. The van der Waals surface area contributed by atoms with Gasteiger partial charge in [0.25, 0.3) is 0 Å². The van der Waals surface area contributed by atoms with E-state index in [9.17, 15) is 5.11 Å².